The van der Waals surface area contributed by atoms with Crippen molar-refractivity contribution in [2.75, 3.05) is 31.5 Å². The van der Waals surface area contributed by atoms with Crippen LogP contribution in [0.3, 0.4) is 0 Å². The summed E-state index contributed by atoms with van der Waals surface area (Å²) in [4.78, 5) is 2.04. The van der Waals surface area contributed by atoms with E-state index in [9.17, 15) is 26.3 Å². The minimum Gasteiger partial charge on any atom is -0.382 e. The number of alkyl halides is 8. The van der Waals surface area contributed by atoms with Crippen molar-refractivity contribution in [1.29, 1.82) is 0 Å². The number of ether oxygens (including phenoxy) is 3. The van der Waals surface area contributed by atoms with E-state index < -0.39 is 52.9 Å². The number of hydrazine groups is 2. The van der Waals surface area contributed by atoms with Gasteiger partial charge in [0, 0.05) is 24.5 Å². The van der Waals surface area contributed by atoms with Crippen molar-refractivity contribution in [3.63, 3.8) is 0 Å². The van der Waals surface area contributed by atoms with E-state index in [1.54, 1.807) is 0 Å². The number of hydrogen-bond donors (Lipinski definition) is 2. The number of piperidine rings is 1. The highest BCUT2D eigenvalue weighted by Crippen LogP contribution is 2.59. The Kier molecular flexibility index (Phi) is 11.2. The third-order valence-corrected chi connectivity index (χ3v) is 10.5. The molecular weight excluding hydrogens is 798 g/mol. The highest BCUT2D eigenvalue weighted by atomic mass is 127. The average molecular weight is 836 g/mol. The number of nitrogens with one attached hydrogen (secondary N) is 2. The maximum absolute atomic E-state index is 18.3. The van der Waals surface area contributed by atoms with Gasteiger partial charge >= 0.3 is 12.4 Å². The largest absolute Gasteiger partial charge is 0.416 e. The number of rotatable bonds is 13. The minimum absolute atomic E-state index is 0.0355. The van der Waals surface area contributed by atoms with E-state index in [1.165, 1.54) is 12.1 Å². The van der Waals surface area contributed by atoms with E-state index in [0.29, 0.717) is 24.3 Å². The summed E-state index contributed by atoms with van der Waals surface area (Å²) in [6.07, 6.45) is -11.7. The number of methoxy groups -OCH3 is 1. The summed E-state index contributed by atoms with van der Waals surface area (Å²) in [6.45, 7) is 0.796. The van der Waals surface area contributed by atoms with Crippen LogP contribution in [0.1, 0.15) is 53.2 Å². The Labute approximate surface area is 304 Å². The fraction of sp³-hybridized carbons (Fsp3) is 0.457. The lowest BCUT2D eigenvalue weighted by Crippen LogP contribution is -2.58. The van der Waals surface area contributed by atoms with Gasteiger partial charge in [-0.05, 0) is 47.7 Å². The molecule has 0 amide bonds. The quantitative estimate of drug-likeness (QED) is 0.0800. The molecule has 51 heavy (non-hydrogen) atoms. The zero-order chi connectivity index (χ0) is 36.4. The lowest BCUT2D eigenvalue weighted by atomic mass is 9.77. The summed E-state index contributed by atoms with van der Waals surface area (Å²) in [5.74, 6) is 0.0552. The fourth-order valence-corrected chi connectivity index (χ4v) is 8.23. The molecule has 3 aliphatic rings. The van der Waals surface area contributed by atoms with Gasteiger partial charge in [0.25, 0.3) is 0 Å². The molecule has 0 radical (unpaired) electrons. The lowest BCUT2D eigenvalue weighted by Gasteiger charge is -2.50. The summed E-state index contributed by atoms with van der Waals surface area (Å²) in [5, 5.41) is 5.77. The molecule has 6 rings (SSSR count). The van der Waals surface area contributed by atoms with Crippen LogP contribution < -0.4 is 11.1 Å². The first-order valence-corrected chi connectivity index (χ1v) is 17.8. The third-order valence-electron chi connectivity index (χ3n) is 9.72. The molecule has 5 atom stereocenters. The second kappa shape index (κ2) is 15.1. The van der Waals surface area contributed by atoms with Gasteiger partial charge in [-0.2, -0.15) is 26.3 Å². The lowest BCUT2D eigenvalue weighted by molar-refractivity contribution is -0.144. The number of benzene rings is 3. The van der Waals surface area contributed by atoms with Gasteiger partial charge in [-0.1, -0.05) is 83.3 Å². The van der Waals surface area contributed by atoms with Crippen LogP contribution in [0.5, 0.6) is 0 Å². The normalized spacial score (nSPS) is 25.9. The minimum atomic E-state index is -5.02. The van der Waals surface area contributed by atoms with Crippen LogP contribution in [0, 0.1) is 0 Å². The zero-order valence-corrected chi connectivity index (χ0v) is 29.6. The Morgan fingerprint density at radius 2 is 1.57 bits per heavy atom. The van der Waals surface area contributed by atoms with Gasteiger partial charge in [-0.3, -0.25) is 4.90 Å². The standard InChI is InChI=1S/C35H37F7IN5O3/c1-49-14-15-50-22-48-31(44-45-46-48)32(36)21-33(25-10-6-3-7-11-25)30(13-12-29(32)47(33)20-23-8-4-2-5-9-23)51-28(19-43)24-16-26(34(37,38)39)18-27(17-24)35(40,41)42/h2-11,16-18,28-30,45-46H,12-15,19-22H2,1H3/t28-,29-,30+,32-,33+/m0/s1. The van der Waals surface area contributed by atoms with Gasteiger partial charge in [0.15, 0.2) is 11.5 Å². The monoisotopic (exact) mass is 835 g/mol. The third kappa shape index (κ3) is 7.58. The van der Waals surface area contributed by atoms with E-state index >= 15 is 4.39 Å². The topological polar surface area (TPSA) is 70.6 Å². The number of hydrogen-bond acceptors (Lipinski definition) is 8. The molecule has 2 bridgehead atoms. The molecular formula is C35H37F7IN5O3. The second-order valence-corrected chi connectivity index (χ2v) is 13.6. The highest BCUT2D eigenvalue weighted by molar-refractivity contribution is 14.1. The van der Waals surface area contributed by atoms with Crippen molar-refractivity contribution >= 4 is 28.4 Å². The van der Waals surface area contributed by atoms with Crippen molar-refractivity contribution < 1.29 is 44.9 Å². The Bertz CT molecular complexity index is 1640. The Hall–Kier alpha value is -3.03. The van der Waals surface area contributed by atoms with Crippen molar-refractivity contribution in [3.8, 4) is 0 Å². The van der Waals surface area contributed by atoms with E-state index in [1.807, 2.05) is 88.2 Å². The molecule has 2 N–H and O–H groups in total. The Balaban J connectivity index is 1.45. The molecule has 3 aliphatic heterocycles. The molecule has 3 aromatic rings. The SMILES string of the molecule is COCCOCN1NNN=C1[C@]1(F)C[C@@]2(c3ccccc3)[C@H](O[C@@H](CI)c3cc(C(F)(F)F)cc(C(F)(F)F)c3)CC[C@@H]1N2Cc1ccccc1. The van der Waals surface area contributed by atoms with E-state index in [0.717, 1.165) is 5.56 Å². The molecule has 0 aromatic heterocycles. The summed E-state index contributed by atoms with van der Waals surface area (Å²) in [6, 6.07) is 19.4. The first kappa shape index (κ1) is 37.7. The molecule has 0 spiro atoms. The van der Waals surface area contributed by atoms with Crippen LogP contribution in [0.15, 0.2) is 84.0 Å². The van der Waals surface area contributed by atoms with E-state index in [4.69, 9.17) is 14.2 Å². The first-order valence-electron chi connectivity index (χ1n) is 16.3. The number of hydrazone groups is 1. The molecule has 0 saturated carbocycles. The fourth-order valence-electron chi connectivity index (χ4n) is 7.52. The van der Waals surface area contributed by atoms with Gasteiger partial charge in [0.05, 0.1) is 48.1 Å². The number of amidine groups is 1. The summed E-state index contributed by atoms with van der Waals surface area (Å²) >= 11 is 1.91. The predicted octanol–water partition coefficient (Wildman–Crippen LogP) is 7.52. The van der Waals surface area contributed by atoms with Gasteiger partial charge < -0.3 is 14.2 Å². The van der Waals surface area contributed by atoms with Crippen LogP contribution in [-0.2, 0) is 38.6 Å². The second-order valence-electron chi connectivity index (χ2n) is 12.8. The maximum atomic E-state index is 18.3. The predicted molar refractivity (Wildman–Crippen MR) is 183 cm³/mol. The van der Waals surface area contributed by atoms with Crippen LogP contribution in [0.4, 0.5) is 30.7 Å². The molecule has 3 heterocycles. The molecule has 0 aliphatic carbocycles. The molecule has 2 saturated heterocycles. The van der Waals surface area contributed by atoms with Gasteiger partial charge in [-0.25, -0.2) is 14.9 Å². The van der Waals surface area contributed by atoms with Gasteiger partial charge in [0.1, 0.15) is 6.73 Å². The van der Waals surface area contributed by atoms with Crippen molar-refractivity contribution in [2.24, 2.45) is 5.10 Å². The summed E-state index contributed by atoms with van der Waals surface area (Å²) < 4.78 is 119. The molecule has 3 aromatic carbocycles. The Morgan fingerprint density at radius 1 is 0.922 bits per heavy atom. The average Bonchev–Trinajstić information content (AvgIpc) is 3.65. The smallest absolute Gasteiger partial charge is 0.382 e. The van der Waals surface area contributed by atoms with Crippen LogP contribution in [0.2, 0.25) is 0 Å². The summed E-state index contributed by atoms with van der Waals surface area (Å²) in [7, 11) is 1.54. The van der Waals surface area contributed by atoms with Crippen molar-refractivity contribution in [3.05, 3.63) is 107 Å². The van der Waals surface area contributed by atoms with Crippen LogP contribution >= 0.6 is 22.6 Å². The molecule has 2 fully saturated rings. The van der Waals surface area contributed by atoms with E-state index in [2.05, 4.69) is 16.2 Å². The highest BCUT2D eigenvalue weighted by Gasteiger charge is 2.69. The number of halogens is 8. The number of nitrogens with zero attached hydrogens (tertiary/aromatic N) is 3. The molecule has 0 unspecified atom stereocenters. The van der Waals surface area contributed by atoms with Crippen molar-refractivity contribution in [2.45, 2.75) is 67.6 Å². The molecule has 276 valence electrons. The first-order chi connectivity index (χ1) is 24.3. The maximum Gasteiger partial charge on any atom is 0.416 e. The van der Waals surface area contributed by atoms with Crippen LogP contribution in [0.25, 0.3) is 0 Å². The Morgan fingerprint density at radius 3 is 2.18 bits per heavy atom. The molecule has 8 nitrogen and oxygen atoms in total. The van der Waals surface area contributed by atoms with Gasteiger partial charge in [-0.15, -0.1) is 10.6 Å². The number of fused-ring (bicyclic) bond motifs is 2. The van der Waals surface area contributed by atoms with E-state index in [-0.39, 0.29) is 61.0 Å². The van der Waals surface area contributed by atoms with Crippen molar-refractivity contribution in [1.82, 2.24) is 21.0 Å². The van der Waals surface area contributed by atoms with Crippen LogP contribution in [-0.4, -0.2) is 65.0 Å². The molecule has 16 heteroatoms. The zero-order valence-electron chi connectivity index (χ0n) is 27.5. The summed E-state index contributed by atoms with van der Waals surface area (Å²) in [5.41, 5.74) is 0.629. The van der Waals surface area contributed by atoms with Gasteiger partial charge in [0.2, 0.25) is 0 Å².